The van der Waals surface area contributed by atoms with Crippen LogP contribution in [-0.4, -0.2) is 34.1 Å². The number of ether oxygens (including phenoxy) is 1. The molecule has 1 aromatic rings. The molecular formula is C22H32FN3O3S. The fraction of sp³-hybridized carbons (Fsp3) is 0.591. The van der Waals surface area contributed by atoms with E-state index in [1.165, 1.54) is 16.4 Å². The molecule has 0 radical (unpaired) electrons. The molecule has 3 rings (SSSR count). The van der Waals surface area contributed by atoms with E-state index >= 15 is 0 Å². The minimum atomic E-state index is -3.43. The Morgan fingerprint density at radius 1 is 1.40 bits per heavy atom. The number of rotatable bonds is 11. The lowest BCUT2D eigenvalue weighted by atomic mass is 9.80. The lowest BCUT2D eigenvalue weighted by Gasteiger charge is -2.32. The highest BCUT2D eigenvalue weighted by Gasteiger charge is 2.33. The van der Waals surface area contributed by atoms with Crippen molar-refractivity contribution in [1.29, 1.82) is 4.78 Å². The molecule has 30 heavy (non-hydrogen) atoms. The molecule has 166 valence electrons. The highest BCUT2D eigenvalue weighted by Crippen LogP contribution is 2.45. The van der Waals surface area contributed by atoms with Gasteiger partial charge in [0.2, 0.25) is 0 Å². The predicted molar refractivity (Wildman–Crippen MR) is 116 cm³/mol. The maximum absolute atomic E-state index is 14.8. The SMILES string of the molecule is C=CCC(CC)(CC)COc1cc(F)c(C(=O)NS(=N)(=O)N2CCC2)cc1C1CC1. The largest absolute Gasteiger partial charge is 0.493 e. The molecule has 1 heterocycles. The van der Waals surface area contributed by atoms with Crippen LogP contribution in [0.5, 0.6) is 5.75 Å². The number of nitrogens with zero attached hydrogens (tertiary/aromatic N) is 1. The van der Waals surface area contributed by atoms with Crippen molar-refractivity contribution in [1.82, 2.24) is 9.03 Å². The summed E-state index contributed by atoms with van der Waals surface area (Å²) in [5.74, 6) is -0.847. The maximum atomic E-state index is 14.8. The van der Waals surface area contributed by atoms with E-state index < -0.39 is 21.8 Å². The van der Waals surface area contributed by atoms with E-state index in [2.05, 4.69) is 25.1 Å². The predicted octanol–water partition coefficient (Wildman–Crippen LogP) is 4.78. The molecule has 2 N–H and O–H groups in total. The molecule has 6 nitrogen and oxygen atoms in total. The molecule has 1 saturated heterocycles. The van der Waals surface area contributed by atoms with E-state index in [1.54, 1.807) is 0 Å². The Kier molecular flexibility index (Phi) is 6.87. The Hall–Kier alpha value is -1.93. The third-order valence-electron chi connectivity index (χ3n) is 6.38. The van der Waals surface area contributed by atoms with Crippen LogP contribution in [0.3, 0.4) is 0 Å². The summed E-state index contributed by atoms with van der Waals surface area (Å²) in [7, 11) is -3.43. The topological polar surface area (TPSA) is 82.5 Å². The third kappa shape index (κ3) is 4.86. The first-order valence-corrected chi connectivity index (χ1v) is 12.2. The third-order valence-corrected chi connectivity index (χ3v) is 7.94. The molecule has 1 aromatic carbocycles. The van der Waals surface area contributed by atoms with Crippen LogP contribution in [0.4, 0.5) is 4.39 Å². The summed E-state index contributed by atoms with van der Waals surface area (Å²) in [4.78, 5) is 12.6. The zero-order valence-corrected chi connectivity index (χ0v) is 18.7. The molecule has 1 aliphatic carbocycles. The van der Waals surface area contributed by atoms with E-state index in [1.807, 2.05) is 6.08 Å². The normalized spacial score (nSPS) is 18.9. The van der Waals surface area contributed by atoms with Gasteiger partial charge in [0.05, 0.1) is 12.2 Å². The molecule has 1 unspecified atom stereocenters. The molecule has 1 atom stereocenters. The van der Waals surface area contributed by atoms with Crippen molar-refractivity contribution < 1.29 is 18.1 Å². The minimum absolute atomic E-state index is 0.0525. The van der Waals surface area contributed by atoms with Gasteiger partial charge in [-0.05, 0) is 56.1 Å². The van der Waals surface area contributed by atoms with Gasteiger partial charge in [0.15, 0.2) is 10.1 Å². The number of nitrogens with one attached hydrogen (secondary N) is 2. The van der Waals surface area contributed by atoms with Gasteiger partial charge in [0, 0.05) is 24.6 Å². The quantitative estimate of drug-likeness (QED) is 0.489. The molecule has 1 aliphatic heterocycles. The number of carbonyl (C=O) groups excluding carboxylic acids is 1. The molecule has 0 aromatic heterocycles. The van der Waals surface area contributed by atoms with Crippen molar-refractivity contribution in [3.63, 3.8) is 0 Å². The number of benzene rings is 1. The zero-order chi connectivity index (χ0) is 21.9. The van der Waals surface area contributed by atoms with Crippen LogP contribution in [0, 0.1) is 16.0 Å². The van der Waals surface area contributed by atoms with Crippen LogP contribution in [0.2, 0.25) is 0 Å². The van der Waals surface area contributed by atoms with E-state index in [-0.39, 0.29) is 16.9 Å². The van der Waals surface area contributed by atoms with Gasteiger partial charge in [0.1, 0.15) is 11.6 Å². The second-order valence-corrected chi connectivity index (χ2v) is 10.1. The Bertz CT molecular complexity index is 904. The monoisotopic (exact) mass is 437 g/mol. The molecular weight excluding hydrogens is 405 g/mol. The number of hydrogen-bond donors (Lipinski definition) is 2. The fourth-order valence-electron chi connectivity index (χ4n) is 3.71. The summed E-state index contributed by atoms with van der Waals surface area (Å²) in [6.07, 6.45) is 7.31. The zero-order valence-electron chi connectivity index (χ0n) is 17.8. The van der Waals surface area contributed by atoms with Crippen LogP contribution in [-0.2, 0) is 10.1 Å². The molecule has 1 saturated carbocycles. The number of halogens is 1. The molecule has 0 bridgehead atoms. The lowest BCUT2D eigenvalue weighted by molar-refractivity contribution is 0.0974. The minimum Gasteiger partial charge on any atom is -0.493 e. The van der Waals surface area contributed by atoms with Gasteiger partial charge in [-0.15, -0.1) is 6.58 Å². The van der Waals surface area contributed by atoms with Crippen molar-refractivity contribution in [2.24, 2.45) is 5.41 Å². The molecule has 2 aliphatic rings. The van der Waals surface area contributed by atoms with Gasteiger partial charge in [-0.2, -0.15) is 0 Å². The lowest BCUT2D eigenvalue weighted by Crippen LogP contribution is -2.49. The van der Waals surface area contributed by atoms with Crippen LogP contribution < -0.4 is 9.46 Å². The first-order valence-electron chi connectivity index (χ1n) is 10.7. The van der Waals surface area contributed by atoms with E-state index in [4.69, 9.17) is 9.52 Å². The molecule has 2 fully saturated rings. The standard InChI is InChI=1S/C22H32FN3O3S/c1-4-10-22(5-2,6-3)15-29-20-14-19(23)18(13-17(20)16-8-9-16)21(27)25-30(24,28)26-11-7-12-26/h4,13-14,16H,1,5-12,15H2,2-3H3,(H2,24,25,27,28). The summed E-state index contributed by atoms with van der Waals surface area (Å²) in [6, 6.07) is 2.78. The Balaban J connectivity index is 1.82. The van der Waals surface area contributed by atoms with Crippen LogP contribution in [0.25, 0.3) is 0 Å². The molecule has 0 spiro atoms. The summed E-state index contributed by atoms with van der Waals surface area (Å²) in [6.45, 7) is 9.51. The molecule has 8 heteroatoms. The Morgan fingerprint density at radius 2 is 2.07 bits per heavy atom. The van der Waals surface area contributed by atoms with Crippen LogP contribution in [0.15, 0.2) is 24.8 Å². The maximum Gasteiger partial charge on any atom is 0.267 e. The van der Waals surface area contributed by atoms with Gasteiger partial charge < -0.3 is 4.74 Å². The average Bonchev–Trinajstić information content (AvgIpc) is 3.48. The van der Waals surface area contributed by atoms with Gasteiger partial charge in [-0.1, -0.05) is 19.9 Å². The number of carbonyl (C=O) groups is 1. The first kappa shape index (κ1) is 22.7. The van der Waals surface area contributed by atoms with Gasteiger partial charge in [-0.25, -0.2) is 17.7 Å². The van der Waals surface area contributed by atoms with Crippen molar-refractivity contribution in [3.05, 3.63) is 41.7 Å². The Morgan fingerprint density at radius 3 is 2.57 bits per heavy atom. The summed E-state index contributed by atoms with van der Waals surface area (Å²) in [5.41, 5.74) is 0.568. The van der Waals surface area contributed by atoms with Crippen molar-refractivity contribution in [3.8, 4) is 5.75 Å². The highest BCUT2D eigenvalue weighted by molar-refractivity contribution is 7.88. The van der Waals surface area contributed by atoms with Crippen molar-refractivity contribution in [2.45, 2.75) is 58.3 Å². The Labute approximate surface area is 179 Å². The van der Waals surface area contributed by atoms with Crippen molar-refractivity contribution >= 4 is 16.0 Å². The van der Waals surface area contributed by atoms with Gasteiger partial charge in [0.25, 0.3) is 5.91 Å². The smallest absolute Gasteiger partial charge is 0.267 e. The highest BCUT2D eigenvalue weighted by atomic mass is 32.2. The molecule has 1 amide bonds. The van der Waals surface area contributed by atoms with E-state index in [0.29, 0.717) is 25.4 Å². The average molecular weight is 438 g/mol. The first-order chi connectivity index (χ1) is 14.2. The van der Waals surface area contributed by atoms with E-state index in [9.17, 15) is 13.4 Å². The second kappa shape index (κ2) is 9.06. The van der Waals surface area contributed by atoms with Gasteiger partial charge in [-0.3, -0.25) is 9.52 Å². The van der Waals surface area contributed by atoms with Crippen molar-refractivity contribution in [2.75, 3.05) is 19.7 Å². The van der Waals surface area contributed by atoms with Crippen LogP contribution in [0.1, 0.15) is 74.2 Å². The van der Waals surface area contributed by atoms with Crippen LogP contribution >= 0.6 is 0 Å². The number of allylic oxidation sites excluding steroid dienone is 1. The van der Waals surface area contributed by atoms with E-state index in [0.717, 1.165) is 44.1 Å². The summed E-state index contributed by atoms with van der Waals surface area (Å²) in [5, 5.41) is 0. The van der Waals surface area contributed by atoms with Gasteiger partial charge >= 0.3 is 0 Å². The second-order valence-electron chi connectivity index (χ2n) is 8.37. The summed E-state index contributed by atoms with van der Waals surface area (Å²) < 4.78 is 44.8. The summed E-state index contributed by atoms with van der Waals surface area (Å²) >= 11 is 0. The number of amides is 1. The fourth-order valence-corrected chi connectivity index (χ4v) is 4.98. The number of hydrogen-bond acceptors (Lipinski definition) is 4.